The van der Waals surface area contributed by atoms with Crippen LogP contribution in [-0.4, -0.2) is 19.5 Å². The molecule has 4 aromatic rings. The molecule has 0 spiro atoms. The van der Waals surface area contributed by atoms with Crippen LogP contribution in [0.5, 0.6) is 0 Å². The first-order valence-electron chi connectivity index (χ1n) is 7.74. The molecular weight excluding hydrogens is 368 g/mol. The summed E-state index contributed by atoms with van der Waals surface area (Å²) < 4.78 is 3.88. The summed E-state index contributed by atoms with van der Waals surface area (Å²) >= 11 is 2.92. The molecule has 0 aliphatic heterocycles. The van der Waals surface area contributed by atoms with Gasteiger partial charge in [0.25, 0.3) is 5.69 Å². The summed E-state index contributed by atoms with van der Waals surface area (Å²) in [7, 11) is 0. The van der Waals surface area contributed by atoms with Crippen LogP contribution in [0.2, 0.25) is 0 Å². The van der Waals surface area contributed by atoms with Crippen molar-refractivity contribution in [2.45, 2.75) is 6.42 Å². The molecule has 0 atom stereocenters. The van der Waals surface area contributed by atoms with Crippen LogP contribution in [0.3, 0.4) is 0 Å². The highest BCUT2D eigenvalue weighted by Gasteiger charge is 2.09. The molecule has 0 radical (unpaired) electrons. The van der Waals surface area contributed by atoms with Gasteiger partial charge in [-0.25, -0.2) is 4.98 Å². The molecular formula is C18H12N4O2S2. The number of aromatic nitrogens is 3. The zero-order valence-corrected chi connectivity index (χ0v) is 15.0. The van der Waals surface area contributed by atoms with Crippen LogP contribution >= 0.6 is 22.9 Å². The summed E-state index contributed by atoms with van der Waals surface area (Å²) in [5.74, 6) is 0. The molecule has 2 aromatic carbocycles. The maximum absolute atomic E-state index is 10.7. The second-order valence-electron chi connectivity index (χ2n) is 5.59. The van der Waals surface area contributed by atoms with Gasteiger partial charge < -0.3 is 0 Å². The van der Waals surface area contributed by atoms with Crippen LogP contribution < -0.4 is 0 Å². The Morgan fingerprint density at radius 1 is 0.923 bits per heavy atom. The lowest BCUT2D eigenvalue weighted by atomic mass is 10.1. The van der Waals surface area contributed by atoms with Gasteiger partial charge in [-0.15, -0.1) is 16.4 Å². The lowest BCUT2D eigenvalue weighted by Gasteiger charge is -2.00. The lowest BCUT2D eigenvalue weighted by molar-refractivity contribution is -0.384. The Morgan fingerprint density at radius 3 is 2.27 bits per heavy atom. The molecule has 128 valence electrons. The van der Waals surface area contributed by atoms with Crippen LogP contribution in [-0.2, 0) is 6.42 Å². The third-order valence-electron chi connectivity index (χ3n) is 3.89. The lowest BCUT2D eigenvalue weighted by Crippen LogP contribution is -1.89. The van der Waals surface area contributed by atoms with Crippen LogP contribution in [0.1, 0.15) is 10.6 Å². The van der Waals surface area contributed by atoms with Crippen molar-refractivity contribution in [2.75, 3.05) is 0 Å². The first-order chi connectivity index (χ1) is 12.7. The minimum absolute atomic E-state index is 0.0830. The smallest absolute Gasteiger partial charge is 0.258 e. The molecule has 8 heteroatoms. The van der Waals surface area contributed by atoms with E-state index in [1.807, 2.05) is 22.9 Å². The second-order valence-corrected chi connectivity index (χ2v) is 7.15. The van der Waals surface area contributed by atoms with E-state index in [4.69, 9.17) is 0 Å². The quantitative estimate of drug-likeness (QED) is 0.366. The van der Waals surface area contributed by atoms with E-state index in [-0.39, 0.29) is 5.69 Å². The van der Waals surface area contributed by atoms with E-state index in [1.54, 1.807) is 23.5 Å². The molecule has 0 aliphatic carbocycles. The largest absolute Gasteiger partial charge is 0.269 e. The second kappa shape index (κ2) is 7.11. The summed E-state index contributed by atoms with van der Waals surface area (Å²) in [4.78, 5) is 15.0. The number of nitro groups is 1. The number of rotatable bonds is 5. The molecule has 0 N–H and O–H groups in total. The SMILES string of the molecule is O=[N+]([O-])c1ccc(-c2csc(Cc3ccc(-c4csnn4)cc3)n2)cc1. The topological polar surface area (TPSA) is 81.8 Å². The van der Waals surface area contributed by atoms with E-state index in [0.29, 0.717) is 0 Å². The fourth-order valence-corrected chi connectivity index (χ4v) is 3.84. The van der Waals surface area contributed by atoms with Gasteiger partial charge in [0.05, 0.1) is 15.6 Å². The van der Waals surface area contributed by atoms with Gasteiger partial charge in [-0.05, 0) is 29.2 Å². The maximum Gasteiger partial charge on any atom is 0.269 e. The molecule has 6 nitrogen and oxygen atoms in total. The highest BCUT2D eigenvalue weighted by atomic mass is 32.1. The summed E-state index contributed by atoms with van der Waals surface area (Å²) in [6, 6.07) is 14.7. The number of thiazole rings is 1. The zero-order chi connectivity index (χ0) is 17.9. The highest BCUT2D eigenvalue weighted by molar-refractivity contribution is 7.10. The third kappa shape index (κ3) is 3.51. The van der Waals surface area contributed by atoms with Crippen LogP contribution in [0.25, 0.3) is 22.5 Å². The van der Waals surface area contributed by atoms with E-state index in [1.165, 1.54) is 29.2 Å². The molecule has 0 amide bonds. The van der Waals surface area contributed by atoms with Gasteiger partial charge in [-0.1, -0.05) is 28.8 Å². The van der Waals surface area contributed by atoms with Crippen molar-refractivity contribution in [2.24, 2.45) is 0 Å². The maximum atomic E-state index is 10.7. The molecule has 0 unspecified atom stereocenters. The first-order valence-corrected chi connectivity index (χ1v) is 9.46. The Hall–Kier alpha value is -2.97. The summed E-state index contributed by atoms with van der Waals surface area (Å²) in [5, 5.41) is 19.7. The van der Waals surface area contributed by atoms with Crippen molar-refractivity contribution in [3.05, 3.63) is 80.0 Å². The van der Waals surface area contributed by atoms with Gasteiger partial charge in [-0.2, -0.15) is 0 Å². The van der Waals surface area contributed by atoms with Gasteiger partial charge in [-0.3, -0.25) is 10.1 Å². The molecule has 0 aliphatic rings. The molecule has 4 rings (SSSR count). The van der Waals surface area contributed by atoms with Crippen LogP contribution in [0.4, 0.5) is 5.69 Å². The monoisotopic (exact) mass is 380 g/mol. The number of nitrogens with zero attached hydrogens (tertiary/aromatic N) is 4. The summed E-state index contributed by atoms with van der Waals surface area (Å²) in [6.45, 7) is 0. The number of non-ortho nitro benzene ring substituents is 1. The van der Waals surface area contributed by atoms with Crippen molar-refractivity contribution in [1.82, 2.24) is 14.6 Å². The van der Waals surface area contributed by atoms with Crippen LogP contribution in [0.15, 0.2) is 59.3 Å². The Bertz CT molecular complexity index is 1030. The first kappa shape index (κ1) is 16.5. The normalized spacial score (nSPS) is 10.8. The van der Waals surface area contributed by atoms with Gasteiger partial charge in [0.2, 0.25) is 0 Å². The van der Waals surface area contributed by atoms with Crippen molar-refractivity contribution in [3.63, 3.8) is 0 Å². The third-order valence-corrected chi connectivity index (χ3v) is 5.24. The van der Waals surface area contributed by atoms with Crippen molar-refractivity contribution >= 4 is 28.6 Å². The molecule has 2 heterocycles. The predicted molar refractivity (Wildman–Crippen MR) is 102 cm³/mol. The Morgan fingerprint density at radius 2 is 1.62 bits per heavy atom. The minimum atomic E-state index is -0.401. The molecule has 2 aromatic heterocycles. The van der Waals surface area contributed by atoms with E-state index < -0.39 is 4.92 Å². The van der Waals surface area contributed by atoms with E-state index in [9.17, 15) is 10.1 Å². The summed E-state index contributed by atoms with van der Waals surface area (Å²) in [6.07, 6.45) is 0.743. The standard InChI is InChI=1S/C18H12N4O2S2/c23-22(24)15-7-5-13(6-8-15)16-10-25-18(19-16)9-12-1-3-14(4-2-12)17-11-26-21-20-17/h1-8,10-11H,9H2. The van der Waals surface area contributed by atoms with Gasteiger partial charge in [0.1, 0.15) is 5.69 Å². The number of hydrogen-bond donors (Lipinski definition) is 0. The average Bonchev–Trinajstić information content (AvgIpc) is 3.35. The highest BCUT2D eigenvalue weighted by Crippen LogP contribution is 2.26. The van der Waals surface area contributed by atoms with Gasteiger partial charge >= 0.3 is 0 Å². The van der Waals surface area contributed by atoms with Crippen molar-refractivity contribution in [3.8, 4) is 22.5 Å². The van der Waals surface area contributed by atoms with Crippen molar-refractivity contribution < 1.29 is 4.92 Å². The summed E-state index contributed by atoms with van der Waals surface area (Å²) in [5.41, 5.74) is 4.90. The Balaban J connectivity index is 1.49. The molecule has 0 saturated heterocycles. The van der Waals surface area contributed by atoms with E-state index in [0.717, 1.165) is 33.9 Å². The van der Waals surface area contributed by atoms with Crippen molar-refractivity contribution in [1.29, 1.82) is 0 Å². The average molecular weight is 380 g/mol. The predicted octanol–water partition coefficient (Wildman–Crippen LogP) is 4.83. The molecule has 26 heavy (non-hydrogen) atoms. The Kier molecular flexibility index (Phi) is 4.51. The number of benzene rings is 2. The fraction of sp³-hybridized carbons (Fsp3) is 0.0556. The number of nitro benzene ring substituents is 1. The molecule has 0 bridgehead atoms. The molecule has 0 saturated carbocycles. The van der Waals surface area contributed by atoms with Gasteiger partial charge in [0, 0.05) is 40.4 Å². The molecule has 0 fully saturated rings. The Labute approximate surface area is 157 Å². The van der Waals surface area contributed by atoms with Crippen LogP contribution in [0, 0.1) is 10.1 Å². The van der Waals surface area contributed by atoms with E-state index in [2.05, 4.69) is 26.7 Å². The van der Waals surface area contributed by atoms with E-state index >= 15 is 0 Å². The minimum Gasteiger partial charge on any atom is -0.258 e. The fourth-order valence-electron chi connectivity index (χ4n) is 2.54. The van der Waals surface area contributed by atoms with Gasteiger partial charge in [0.15, 0.2) is 0 Å². The zero-order valence-electron chi connectivity index (χ0n) is 13.4. The number of hydrogen-bond acceptors (Lipinski definition) is 7.